The van der Waals surface area contributed by atoms with E-state index in [1.807, 2.05) is 32.8 Å². The smallest absolute Gasteiger partial charge is 0.255 e. The van der Waals surface area contributed by atoms with Gasteiger partial charge in [0.1, 0.15) is 29.7 Å². The maximum Gasteiger partial charge on any atom is 0.255 e. The van der Waals surface area contributed by atoms with Crippen LogP contribution in [0.25, 0.3) is 33.4 Å². The second-order valence-electron chi connectivity index (χ2n) is 16.1. The minimum Gasteiger partial charge on any atom is -0.494 e. The second kappa shape index (κ2) is 19.3. The van der Waals surface area contributed by atoms with Gasteiger partial charge in [-0.15, -0.1) is 0 Å². The standard InChI is InChI=1S/C46H50F2N8O6/c47-38-22-31(23-39(48)37(38)29-53-16-20-61-21-17-53)35-6-4-7-40-44(35)52-41(26-50-40)32-25-51-56(28-32)33-12-14-54(15-13-33)43(58)9-2-1-3-19-62-34-11-10-30-27-55(46(60)36(30)24-34)42(45(49)59)8-5-18-57/h4,6-7,10-11,18,22-26,28,33,42H,1-3,5,8-9,12-17,19-21,27,29H2,(H2,49,59). The highest BCUT2D eigenvalue weighted by atomic mass is 19.1. The third-order valence-electron chi connectivity index (χ3n) is 12.1. The van der Waals surface area contributed by atoms with Gasteiger partial charge in [0.15, 0.2) is 0 Å². The number of aromatic nitrogens is 4. The zero-order valence-corrected chi connectivity index (χ0v) is 34.5. The summed E-state index contributed by atoms with van der Waals surface area (Å²) in [6.07, 6.45) is 10.7. The van der Waals surface area contributed by atoms with E-state index in [-0.39, 0.29) is 49.4 Å². The van der Waals surface area contributed by atoms with E-state index < -0.39 is 23.6 Å². The van der Waals surface area contributed by atoms with Crippen LogP contribution in [0.4, 0.5) is 8.78 Å². The number of para-hydroxylation sites is 1. The maximum absolute atomic E-state index is 15.4. The number of likely N-dealkylation sites (tertiary alicyclic amines) is 1. The van der Waals surface area contributed by atoms with Crippen molar-refractivity contribution in [2.45, 2.75) is 76.5 Å². The first-order valence-corrected chi connectivity index (χ1v) is 21.3. The Kier molecular flexibility index (Phi) is 13.2. The van der Waals surface area contributed by atoms with E-state index in [4.69, 9.17) is 20.2 Å². The summed E-state index contributed by atoms with van der Waals surface area (Å²) in [6.45, 7) is 4.46. The van der Waals surface area contributed by atoms with Gasteiger partial charge in [-0.05, 0) is 80.0 Å². The number of fused-ring (bicyclic) bond motifs is 2. The Morgan fingerprint density at radius 3 is 2.50 bits per heavy atom. The van der Waals surface area contributed by atoms with E-state index >= 15 is 8.78 Å². The molecule has 1 atom stereocenters. The number of ether oxygens (including phenoxy) is 2. The molecule has 0 spiro atoms. The van der Waals surface area contributed by atoms with E-state index in [1.54, 1.807) is 36.7 Å². The number of carbonyl (C=O) groups is 4. The molecule has 2 aromatic heterocycles. The Labute approximate surface area is 358 Å². The highest BCUT2D eigenvalue weighted by molar-refractivity contribution is 6.01. The van der Waals surface area contributed by atoms with Gasteiger partial charge in [-0.25, -0.2) is 13.8 Å². The van der Waals surface area contributed by atoms with Gasteiger partial charge < -0.3 is 29.8 Å². The molecular weight excluding hydrogens is 799 g/mol. The van der Waals surface area contributed by atoms with E-state index in [1.165, 1.54) is 17.0 Å². The number of benzene rings is 3. The molecule has 5 aromatic rings. The fourth-order valence-corrected chi connectivity index (χ4v) is 8.57. The molecule has 14 nitrogen and oxygen atoms in total. The number of rotatable bonds is 17. The zero-order valence-electron chi connectivity index (χ0n) is 34.5. The van der Waals surface area contributed by atoms with Crippen molar-refractivity contribution in [1.82, 2.24) is 34.4 Å². The predicted molar refractivity (Wildman–Crippen MR) is 226 cm³/mol. The van der Waals surface area contributed by atoms with Crippen molar-refractivity contribution in [3.63, 3.8) is 0 Å². The number of primary amides is 1. The molecule has 1 unspecified atom stereocenters. The molecule has 0 aliphatic carbocycles. The van der Waals surface area contributed by atoms with Gasteiger partial charge in [-0.1, -0.05) is 18.2 Å². The molecular formula is C46H50F2N8O6. The average molecular weight is 849 g/mol. The average Bonchev–Trinajstić information content (AvgIpc) is 3.91. The number of nitrogens with zero attached hydrogens (tertiary/aromatic N) is 7. The van der Waals surface area contributed by atoms with Crippen molar-refractivity contribution in [2.24, 2.45) is 5.73 Å². The minimum absolute atomic E-state index is 0.0413. The Hall–Kier alpha value is -6.13. The Morgan fingerprint density at radius 1 is 0.952 bits per heavy atom. The number of unbranched alkanes of at least 4 members (excludes halogenated alkanes) is 2. The molecule has 3 aliphatic heterocycles. The van der Waals surface area contributed by atoms with Gasteiger partial charge >= 0.3 is 0 Å². The highest BCUT2D eigenvalue weighted by Crippen LogP contribution is 2.33. The molecule has 8 rings (SSSR count). The molecule has 2 saturated heterocycles. The van der Waals surface area contributed by atoms with Crippen LogP contribution in [-0.2, 0) is 32.2 Å². The fraction of sp³-hybridized carbons (Fsp3) is 0.413. The number of carbonyl (C=O) groups excluding carboxylic acids is 4. The lowest BCUT2D eigenvalue weighted by atomic mass is 10.0. The molecule has 3 aliphatic rings. The number of piperidine rings is 1. The van der Waals surface area contributed by atoms with Gasteiger partial charge in [-0.3, -0.25) is 28.9 Å². The lowest BCUT2D eigenvalue weighted by Crippen LogP contribution is -2.44. The van der Waals surface area contributed by atoms with Crippen molar-refractivity contribution in [2.75, 3.05) is 46.0 Å². The van der Waals surface area contributed by atoms with Gasteiger partial charge in [0, 0.05) is 80.6 Å². The van der Waals surface area contributed by atoms with E-state index in [9.17, 15) is 19.2 Å². The lowest BCUT2D eigenvalue weighted by Gasteiger charge is -2.32. The quantitative estimate of drug-likeness (QED) is 0.0885. The lowest BCUT2D eigenvalue weighted by molar-refractivity contribution is -0.132. The summed E-state index contributed by atoms with van der Waals surface area (Å²) >= 11 is 0. The van der Waals surface area contributed by atoms with Crippen LogP contribution in [-0.4, -0.2) is 110 Å². The summed E-state index contributed by atoms with van der Waals surface area (Å²) in [6, 6.07) is 12.7. The van der Waals surface area contributed by atoms with Crippen LogP contribution in [0.15, 0.2) is 67.1 Å². The predicted octanol–water partition coefficient (Wildman–Crippen LogP) is 5.86. The van der Waals surface area contributed by atoms with Gasteiger partial charge in [-0.2, -0.15) is 5.10 Å². The summed E-state index contributed by atoms with van der Waals surface area (Å²) in [5.41, 5.74) is 10.3. The normalized spacial score (nSPS) is 16.5. The van der Waals surface area contributed by atoms with Crippen molar-refractivity contribution >= 4 is 35.0 Å². The van der Waals surface area contributed by atoms with Gasteiger partial charge in [0.2, 0.25) is 11.8 Å². The largest absolute Gasteiger partial charge is 0.494 e. The number of amides is 3. The summed E-state index contributed by atoms with van der Waals surface area (Å²) in [4.78, 5) is 63.8. The van der Waals surface area contributed by atoms with Crippen LogP contribution in [0.3, 0.4) is 0 Å². The third kappa shape index (κ3) is 9.50. The molecule has 0 saturated carbocycles. The number of hydrogen-bond donors (Lipinski definition) is 1. The molecule has 2 fully saturated rings. The van der Waals surface area contributed by atoms with Crippen LogP contribution in [0, 0.1) is 11.6 Å². The van der Waals surface area contributed by atoms with Crippen LogP contribution >= 0.6 is 0 Å². The molecule has 0 bridgehead atoms. The zero-order chi connectivity index (χ0) is 43.2. The summed E-state index contributed by atoms with van der Waals surface area (Å²) in [7, 11) is 0. The molecule has 5 heterocycles. The first kappa shape index (κ1) is 42.6. The number of halogens is 2. The molecule has 16 heteroatoms. The van der Waals surface area contributed by atoms with Crippen LogP contribution in [0.5, 0.6) is 5.75 Å². The molecule has 62 heavy (non-hydrogen) atoms. The molecule has 3 amide bonds. The second-order valence-corrected chi connectivity index (χ2v) is 16.1. The summed E-state index contributed by atoms with van der Waals surface area (Å²) in [5, 5.41) is 4.65. The molecule has 2 N–H and O–H groups in total. The van der Waals surface area contributed by atoms with Crippen LogP contribution in [0.1, 0.15) is 78.9 Å². The van der Waals surface area contributed by atoms with Crippen molar-refractivity contribution in [3.05, 3.63) is 95.4 Å². The monoisotopic (exact) mass is 848 g/mol. The number of hydrogen-bond acceptors (Lipinski definition) is 10. The summed E-state index contributed by atoms with van der Waals surface area (Å²) in [5.74, 6) is -1.46. The van der Waals surface area contributed by atoms with Crippen molar-refractivity contribution in [1.29, 1.82) is 0 Å². The van der Waals surface area contributed by atoms with Crippen molar-refractivity contribution < 1.29 is 37.4 Å². The van der Waals surface area contributed by atoms with E-state index in [0.717, 1.165) is 43.2 Å². The number of nitrogens with two attached hydrogens (primary N) is 1. The minimum atomic E-state index is -0.843. The first-order chi connectivity index (χ1) is 30.2. The SMILES string of the molecule is NC(=O)C(CCC=O)N1Cc2ccc(OCCCCCC(=O)N3CCC(n4cc(-c5cnc6cccc(-c7cc(F)c(CN8CCOCC8)c(F)c7)c6n5)cn4)CC3)cc2C1=O. The molecule has 324 valence electrons. The Morgan fingerprint density at radius 2 is 1.74 bits per heavy atom. The van der Waals surface area contributed by atoms with Gasteiger partial charge in [0.25, 0.3) is 5.91 Å². The first-order valence-electron chi connectivity index (χ1n) is 21.3. The van der Waals surface area contributed by atoms with E-state index in [0.29, 0.717) is 97.9 Å². The van der Waals surface area contributed by atoms with E-state index in [2.05, 4.69) is 10.1 Å². The number of aldehydes is 1. The van der Waals surface area contributed by atoms with Crippen LogP contribution < -0.4 is 10.5 Å². The maximum atomic E-state index is 15.4. The third-order valence-corrected chi connectivity index (χ3v) is 12.1. The topological polar surface area (TPSA) is 166 Å². The fourth-order valence-electron chi connectivity index (χ4n) is 8.57. The Balaban J connectivity index is 0.797. The number of morpholine rings is 1. The van der Waals surface area contributed by atoms with Crippen molar-refractivity contribution in [3.8, 4) is 28.1 Å². The van der Waals surface area contributed by atoms with Gasteiger partial charge in [0.05, 0.1) is 55.0 Å². The Bertz CT molecular complexity index is 2420. The molecule has 3 aromatic carbocycles. The molecule has 0 radical (unpaired) electrons. The highest BCUT2D eigenvalue weighted by Gasteiger charge is 2.35. The van der Waals surface area contributed by atoms with Crippen LogP contribution in [0.2, 0.25) is 0 Å². The summed E-state index contributed by atoms with van der Waals surface area (Å²) < 4.78 is 44.0.